The Kier molecular flexibility index (Phi) is 5.36. The normalized spacial score (nSPS) is 28.9. The van der Waals surface area contributed by atoms with Crippen LogP contribution in [0.1, 0.15) is 18.4 Å². The Balaban J connectivity index is 0.00000180. The van der Waals surface area contributed by atoms with Crippen molar-refractivity contribution in [2.75, 3.05) is 20.1 Å². The van der Waals surface area contributed by atoms with Gasteiger partial charge in [-0.2, -0.15) is 5.10 Å². The average molecular weight is 480 g/mol. The molecule has 3 fully saturated rings. The zero-order valence-electron chi connectivity index (χ0n) is 15.4. The van der Waals surface area contributed by atoms with Crippen LogP contribution in [0.5, 0.6) is 0 Å². The van der Waals surface area contributed by atoms with Gasteiger partial charge in [-0.25, -0.2) is 9.67 Å². The van der Waals surface area contributed by atoms with Crippen LogP contribution in [0.4, 0.5) is 0 Å². The van der Waals surface area contributed by atoms with Crippen LogP contribution in [0.3, 0.4) is 0 Å². The first-order chi connectivity index (χ1) is 12.8. The smallest absolute Gasteiger partial charge is 0.193 e. The van der Waals surface area contributed by atoms with Gasteiger partial charge in [-0.1, -0.05) is 12.1 Å². The van der Waals surface area contributed by atoms with Crippen molar-refractivity contribution in [1.29, 1.82) is 0 Å². The monoisotopic (exact) mass is 480 g/mol. The Labute approximate surface area is 176 Å². The van der Waals surface area contributed by atoms with E-state index >= 15 is 0 Å². The molecule has 5 rings (SSSR count). The number of hydrogen-bond donors (Lipinski definition) is 1. The van der Waals surface area contributed by atoms with Gasteiger partial charge < -0.3 is 15.0 Å². The summed E-state index contributed by atoms with van der Waals surface area (Å²) in [5.41, 5.74) is 2.23. The van der Waals surface area contributed by atoms with E-state index in [2.05, 4.69) is 49.6 Å². The Morgan fingerprint density at radius 3 is 2.48 bits per heavy atom. The van der Waals surface area contributed by atoms with Gasteiger partial charge in [0.25, 0.3) is 0 Å². The first-order valence-electron chi connectivity index (χ1n) is 9.37. The van der Waals surface area contributed by atoms with E-state index in [1.165, 1.54) is 18.4 Å². The van der Waals surface area contributed by atoms with Crippen molar-refractivity contribution in [3.05, 3.63) is 42.5 Å². The number of nitrogens with one attached hydrogen (secondary N) is 1. The number of likely N-dealkylation sites (tertiary alicyclic amines) is 1. The SMILES string of the molecule is CN=C(NCc1ccc(-n2cncn2)cc1)N1CC2C3CCC(O3)C2C1.I. The largest absolute Gasteiger partial charge is 0.374 e. The molecule has 2 bridgehead atoms. The van der Waals surface area contributed by atoms with Crippen molar-refractivity contribution in [1.82, 2.24) is 25.0 Å². The number of benzene rings is 1. The number of halogens is 1. The number of ether oxygens (including phenoxy) is 1. The molecule has 1 aromatic heterocycles. The molecule has 0 spiro atoms. The highest BCUT2D eigenvalue weighted by molar-refractivity contribution is 14.0. The molecule has 0 radical (unpaired) electrons. The van der Waals surface area contributed by atoms with Crippen molar-refractivity contribution in [2.45, 2.75) is 31.6 Å². The van der Waals surface area contributed by atoms with Crippen molar-refractivity contribution >= 4 is 29.9 Å². The lowest BCUT2D eigenvalue weighted by Gasteiger charge is -2.23. The molecule has 0 amide bonds. The van der Waals surface area contributed by atoms with Gasteiger partial charge >= 0.3 is 0 Å². The number of rotatable bonds is 3. The number of aliphatic imine (C=N–C) groups is 1. The molecule has 8 heteroatoms. The average Bonchev–Trinajstić information content (AvgIpc) is 3.44. The topological polar surface area (TPSA) is 67.6 Å². The molecule has 7 nitrogen and oxygen atoms in total. The molecule has 4 atom stereocenters. The maximum Gasteiger partial charge on any atom is 0.193 e. The molecular formula is C19H25IN6O. The molecule has 4 heterocycles. The van der Waals surface area contributed by atoms with Crippen LogP contribution in [-0.2, 0) is 11.3 Å². The van der Waals surface area contributed by atoms with E-state index in [0.29, 0.717) is 24.0 Å². The summed E-state index contributed by atoms with van der Waals surface area (Å²) in [6.07, 6.45) is 6.70. The Morgan fingerprint density at radius 1 is 1.19 bits per heavy atom. The molecular weight excluding hydrogens is 455 g/mol. The van der Waals surface area contributed by atoms with E-state index in [9.17, 15) is 0 Å². The number of guanidine groups is 1. The highest BCUT2D eigenvalue weighted by Crippen LogP contribution is 2.47. The van der Waals surface area contributed by atoms with Crippen LogP contribution in [0.2, 0.25) is 0 Å². The van der Waals surface area contributed by atoms with Crippen LogP contribution in [-0.4, -0.2) is 58.0 Å². The predicted molar refractivity (Wildman–Crippen MR) is 113 cm³/mol. The standard InChI is InChI=1S/C19H24N6O.HI/c1-20-19(24-9-15-16(10-24)18-7-6-17(15)26-18)22-8-13-2-4-14(5-3-13)25-12-21-11-23-25;/h2-5,11-12,15-18H,6-10H2,1H3,(H,20,22);1H. The zero-order chi connectivity index (χ0) is 17.5. The van der Waals surface area contributed by atoms with E-state index in [0.717, 1.165) is 31.3 Å². The first-order valence-corrected chi connectivity index (χ1v) is 9.37. The van der Waals surface area contributed by atoms with Crippen LogP contribution in [0, 0.1) is 11.8 Å². The van der Waals surface area contributed by atoms with Gasteiger partial charge in [0, 0.05) is 38.5 Å². The lowest BCUT2D eigenvalue weighted by molar-refractivity contribution is 0.0767. The summed E-state index contributed by atoms with van der Waals surface area (Å²) in [7, 11) is 1.87. The van der Waals surface area contributed by atoms with Crippen molar-refractivity contribution in [2.24, 2.45) is 16.8 Å². The van der Waals surface area contributed by atoms with E-state index in [1.54, 1.807) is 17.3 Å². The molecule has 3 saturated heterocycles. The lowest BCUT2D eigenvalue weighted by Crippen LogP contribution is -2.40. The summed E-state index contributed by atoms with van der Waals surface area (Å²) in [5, 5.41) is 7.68. The molecule has 27 heavy (non-hydrogen) atoms. The molecule has 0 aliphatic carbocycles. The second-order valence-corrected chi connectivity index (χ2v) is 7.43. The molecule has 4 unspecified atom stereocenters. The molecule has 1 N–H and O–H groups in total. The van der Waals surface area contributed by atoms with E-state index in [4.69, 9.17) is 4.74 Å². The summed E-state index contributed by atoms with van der Waals surface area (Å²) in [6, 6.07) is 8.35. The fourth-order valence-electron chi connectivity index (χ4n) is 4.75. The van der Waals surface area contributed by atoms with Gasteiger partial charge in [-0.3, -0.25) is 4.99 Å². The quantitative estimate of drug-likeness (QED) is 0.414. The third kappa shape index (κ3) is 3.44. The summed E-state index contributed by atoms with van der Waals surface area (Å²) < 4.78 is 7.83. The summed E-state index contributed by atoms with van der Waals surface area (Å²) in [5.74, 6) is 2.38. The summed E-state index contributed by atoms with van der Waals surface area (Å²) in [4.78, 5) is 10.9. The summed E-state index contributed by atoms with van der Waals surface area (Å²) in [6.45, 7) is 2.90. The zero-order valence-corrected chi connectivity index (χ0v) is 17.7. The highest BCUT2D eigenvalue weighted by atomic mass is 127. The van der Waals surface area contributed by atoms with Crippen LogP contribution < -0.4 is 5.32 Å². The van der Waals surface area contributed by atoms with Gasteiger partial charge in [0.1, 0.15) is 12.7 Å². The second-order valence-electron chi connectivity index (χ2n) is 7.43. The number of hydrogen-bond acceptors (Lipinski definition) is 4. The minimum atomic E-state index is 0. The third-order valence-corrected chi connectivity index (χ3v) is 6.03. The van der Waals surface area contributed by atoms with Crippen LogP contribution in [0.15, 0.2) is 41.9 Å². The first kappa shape index (κ1) is 18.7. The number of aromatic nitrogens is 3. The highest BCUT2D eigenvalue weighted by Gasteiger charge is 2.53. The van der Waals surface area contributed by atoms with E-state index in [-0.39, 0.29) is 24.0 Å². The summed E-state index contributed by atoms with van der Waals surface area (Å²) >= 11 is 0. The Morgan fingerprint density at radius 2 is 1.89 bits per heavy atom. The molecule has 144 valence electrons. The number of nitrogens with zero attached hydrogens (tertiary/aromatic N) is 5. The van der Waals surface area contributed by atoms with Crippen LogP contribution in [0.25, 0.3) is 5.69 Å². The van der Waals surface area contributed by atoms with Crippen molar-refractivity contribution < 1.29 is 4.74 Å². The molecule has 3 aliphatic rings. The van der Waals surface area contributed by atoms with Gasteiger partial charge in [0.05, 0.1) is 17.9 Å². The molecule has 0 saturated carbocycles. The molecule has 3 aliphatic heterocycles. The molecule has 2 aromatic rings. The fraction of sp³-hybridized carbons (Fsp3) is 0.526. The van der Waals surface area contributed by atoms with Crippen molar-refractivity contribution in [3.8, 4) is 5.69 Å². The van der Waals surface area contributed by atoms with E-state index in [1.807, 2.05) is 7.05 Å². The van der Waals surface area contributed by atoms with Crippen molar-refractivity contribution in [3.63, 3.8) is 0 Å². The Bertz CT molecular complexity index is 775. The fourth-order valence-corrected chi connectivity index (χ4v) is 4.75. The maximum absolute atomic E-state index is 6.07. The lowest BCUT2D eigenvalue weighted by atomic mass is 9.82. The van der Waals surface area contributed by atoms with E-state index < -0.39 is 0 Å². The number of fused-ring (bicyclic) bond motifs is 5. The molecule has 1 aromatic carbocycles. The maximum atomic E-state index is 6.07. The predicted octanol–water partition coefficient (Wildman–Crippen LogP) is 2.07. The minimum Gasteiger partial charge on any atom is -0.374 e. The Hall–Kier alpha value is -1.68. The second kappa shape index (κ2) is 7.75. The van der Waals surface area contributed by atoms with Gasteiger partial charge in [-0.05, 0) is 30.5 Å². The third-order valence-electron chi connectivity index (χ3n) is 6.03. The van der Waals surface area contributed by atoms with Gasteiger partial charge in [-0.15, -0.1) is 24.0 Å². The van der Waals surface area contributed by atoms with Gasteiger partial charge in [0.2, 0.25) is 0 Å². The minimum absolute atomic E-state index is 0. The van der Waals surface area contributed by atoms with Gasteiger partial charge in [0.15, 0.2) is 5.96 Å². The van der Waals surface area contributed by atoms with Crippen LogP contribution >= 0.6 is 24.0 Å².